The average Bonchev–Trinajstić information content (AvgIpc) is 3.05. The number of morpholine rings is 1. The van der Waals surface area contributed by atoms with Crippen molar-refractivity contribution in [3.05, 3.63) is 89.0 Å². The van der Waals surface area contributed by atoms with Gasteiger partial charge in [0.2, 0.25) is 0 Å². The van der Waals surface area contributed by atoms with Gasteiger partial charge in [-0.3, -0.25) is 9.79 Å². The van der Waals surface area contributed by atoms with E-state index >= 15 is 0 Å². The molecule has 7 rings (SSSR count). The molecule has 8 heteroatoms. The molecule has 4 aliphatic heterocycles. The predicted molar refractivity (Wildman–Crippen MR) is 157 cm³/mol. The highest BCUT2D eigenvalue weighted by atomic mass is 16.5. The highest BCUT2D eigenvalue weighted by Crippen LogP contribution is 2.23. The monoisotopic (exact) mass is 535 g/mol. The third-order valence-corrected chi connectivity index (χ3v) is 5.96. The standard InChI is InChI=1S/C9H6O2.C9H10O.C5H11N.C4H9NO.C4H5NO/c10-8-5-6-11-9-4-2-1-3-7(8)9;1-2-6-9-8(4-1)5-3-7-10-9;1-2-4-6-5-3-1;1-3-6-4-2-5-1;1-2-5-4-6-3-1/h1-6H;1-2,4,6H,3,5,7H2;6H,1-5H2;5H,1-4H2;1,3-4H,2H2. The molecule has 0 aliphatic carbocycles. The first-order chi connectivity index (χ1) is 19.3. The van der Waals surface area contributed by atoms with Crippen LogP contribution in [0.25, 0.3) is 11.0 Å². The minimum atomic E-state index is 0.00634. The summed E-state index contributed by atoms with van der Waals surface area (Å²) in [5, 5.41) is 7.08. The number of piperidine rings is 1. The van der Waals surface area contributed by atoms with Gasteiger partial charge in [0.25, 0.3) is 0 Å². The summed E-state index contributed by atoms with van der Waals surface area (Å²) in [6, 6.07) is 16.9. The van der Waals surface area contributed by atoms with Crippen LogP contribution in [0.1, 0.15) is 31.2 Å². The third kappa shape index (κ3) is 12.8. The fourth-order valence-electron chi connectivity index (χ4n) is 3.93. The number of hydrogen-bond acceptors (Lipinski definition) is 8. The van der Waals surface area contributed by atoms with Crippen LogP contribution in [0.3, 0.4) is 0 Å². The zero-order valence-corrected chi connectivity index (χ0v) is 22.7. The molecule has 8 nitrogen and oxygen atoms in total. The molecule has 2 N–H and O–H groups in total. The number of benzene rings is 2. The van der Waals surface area contributed by atoms with E-state index in [1.165, 1.54) is 63.1 Å². The molecular formula is C31H41N3O5. The van der Waals surface area contributed by atoms with E-state index in [2.05, 4.69) is 32.5 Å². The number of fused-ring (bicyclic) bond motifs is 2. The van der Waals surface area contributed by atoms with Crippen LogP contribution in [0.2, 0.25) is 0 Å². The van der Waals surface area contributed by atoms with Crippen molar-refractivity contribution in [2.75, 3.05) is 52.5 Å². The molecule has 4 aliphatic rings. The first kappa shape index (κ1) is 30.1. The van der Waals surface area contributed by atoms with Crippen LogP contribution >= 0.6 is 0 Å². The van der Waals surface area contributed by atoms with Crippen LogP contribution in [-0.4, -0.2) is 58.9 Å². The van der Waals surface area contributed by atoms with Gasteiger partial charge in [-0.15, -0.1) is 0 Å². The van der Waals surface area contributed by atoms with E-state index in [4.69, 9.17) is 13.9 Å². The number of aliphatic imine (C=N–C) groups is 1. The number of ether oxygens (including phenoxy) is 3. The number of hydrogen-bond donors (Lipinski definition) is 2. The van der Waals surface area contributed by atoms with Gasteiger partial charge in [0, 0.05) is 19.2 Å². The second kappa shape index (κ2) is 19.6. The van der Waals surface area contributed by atoms with E-state index in [0.717, 1.165) is 51.6 Å². The number of para-hydroxylation sites is 2. The maximum atomic E-state index is 11.1. The molecule has 2 aromatic carbocycles. The lowest BCUT2D eigenvalue weighted by Crippen LogP contribution is -2.30. The Balaban J connectivity index is 0.000000139. The molecule has 0 bridgehead atoms. The molecule has 210 valence electrons. The second-order valence-electron chi connectivity index (χ2n) is 8.99. The SMILES string of the molecule is C1=COC=NC1.C1CCNCC1.C1COCCN1.O=c1ccoc2ccccc12.c1ccc2c(c1)CCCO2. The molecule has 39 heavy (non-hydrogen) atoms. The Labute approximate surface area is 231 Å². The minimum Gasteiger partial charge on any atom is -0.493 e. The van der Waals surface area contributed by atoms with Crippen molar-refractivity contribution in [1.29, 1.82) is 0 Å². The van der Waals surface area contributed by atoms with E-state index in [0.29, 0.717) is 11.0 Å². The molecule has 0 spiro atoms. The van der Waals surface area contributed by atoms with E-state index in [1.807, 2.05) is 30.3 Å². The second-order valence-corrected chi connectivity index (χ2v) is 8.99. The third-order valence-electron chi connectivity index (χ3n) is 5.96. The van der Waals surface area contributed by atoms with Gasteiger partial charge in [-0.05, 0) is 68.6 Å². The Bertz CT molecular complexity index is 1080. The Morgan fingerprint density at radius 2 is 1.54 bits per heavy atom. The first-order valence-corrected chi connectivity index (χ1v) is 13.8. The number of rotatable bonds is 0. The maximum absolute atomic E-state index is 11.1. The normalized spacial score (nSPS) is 16.9. The van der Waals surface area contributed by atoms with Crippen molar-refractivity contribution in [3.63, 3.8) is 0 Å². The van der Waals surface area contributed by atoms with Crippen molar-refractivity contribution in [2.45, 2.75) is 32.1 Å². The Morgan fingerprint density at radius 1 is 0.769 bits per heavy atom. The molecule has 0 amide bonds. The first-order valence-electron chi connectivity index (χ1n) is 13.8. The Morgan fingerprint density at radius 3 is 2.08 bits per heavy atom. The van der Waals surface area contributed by atoms with E-state index in [1.54, 1.807) is 18.4 Å². The van der Waals surface area contributed by atoms with Gasteiger partial charge >= 0.3 is 0 Å². The van der Waals surface area contributed by atoms with Crippen molar-refractivity contribution in [3.8, 4) is 5.75 Å². The molecule has 2 saturated heterocycles. The fraction of sp³-hybridized carbons (Fsp3) is 0.419. The van der Waals surface area contributed by atoms with Gasteiger partial charge in [-0.1, -0.05) is 36.8 Å². The highest BCUT2D eigenvalue weighted by molar-refractivity contribution is 5.75. The van der Waals surface area contributed by atoms with Gasteiger partial charge < -0.3 is 29.3 Å². The molecule has 1 aromatic heterocycles. The number of aryl methyl sites for hydroxylation is 1. The van der Waals surface area contributed by atoms with E-state index in [9.17, 15) is 4.79 Å². The quantitative estimate of drug-likeness (QED) is 0.430. The summed E-state index contributed by atoms with van der Waals surface area (Å²) in [6.07, 6.45) is 12.9. The van der Waals surface area contributed by atoms with Crippen LogP contribution < -0.4 is 20.8 Å². The highest BCUT2D eigenvalue weighted by Gasteiger charge is 2.07. The van der Waals surface area contributed by atoms with Gasteiger partial charge in [0.1, 0.15) is 11.3 Å². The van der Waals surface area contributed by atoms with Crippen molar-refractivity contribution < 1.29 is 18.6 Å². The lowest BCUT2D eigenvalue weighted by atomic mass is 10.1. The molecule has 3 aromatic rings. The lowest BCUT2D eigenvalue weighted by molar-refractivity contribution is 0.109. The van der Waals surface area contributed by atoms with Crippen LogP contribution in [0.5, 0.6) is 5.75 Å². The zero-order valence-electron chi connectivity index (χ0n) is 22.7. The summed E-state index contributed by atoms with van der Waals surface area (Å²) >= 11 is 0. The van der Waals surface area contributed by atoms with Gasteiger partial charge in [-0.25, -0.2) is 0 Å². The van der Waals surface area contributed by atoms with Crippen LogP contribution in [0.15, 0.2) is 87.4 Å². The molecule has 0 unspecified atom stereocenters. The Kier molecular flexibility index (Phi) is 15.1. The fourth-order valence-corrected chi connectivity index (χ4v) is 3.93. The van der Waals surface area contributed by atoms with Crippen LogP contribution in [-0.2, 0) is 15.9 Å². The topological polar surface area (TPSA) is 94.3 Å². The summed E-state index contributed by atoms with van der Waals surface area (Å²) in [7, 11) is 0. The molecule has 5 heterocycles. The molecule has 2 fully saturated rings. The van der Waals surface area contributed by atoms with Crippen molar-refractivity contribution in [2.24, 2.45) is 4.99 Å². The molecule has 0 radical (unpaired) electrons. The van der Waals surface area contributed by atoms with Gasteiger partial charge in [-0.2, -0.15) is 0 Å². The average molecular weight is 536 g/mol. The summed E-state index contributed by atoms with van der Waals surface area (Å²) in [5.74, 6) is 1.08. The van der Waals surface area contributed by atoms with E-state index < -0.39 is 0 Å². The largest absolute Gasteiger partial charge is 0.493 e. The summed E-state index contributed by atoms with van der Waals surface area (Å²) in [6.45, 7) is 7.98. The maximum Gasteiger partial charge on any atom is 0.192 e. The van der Waals surface area contributed by atoms with Crippen molar-refractivity contribution >= 4 is 17.4 Å². The number of nitrogens with one attached hydrogen (secondary N) is 2. The molecular weight excluding hydrogens is 494 g/mol. The van der Waals surface area contributed by atoms with Gasteiger partial charge in [0.05, 0.1) is 44.3 Å². The molecule has 0 atom stereocenters. The van der Waals surface area contributed by atoms with Crippen molar-refractivity contribution in [1.82, 2.24) is 10.6 Å². The summed E-state index contributed by atoms with van der Waals surface area (Å²) < 4.78 is 20.1. The van der Waals surface area contributed by atoms with E-state index in [-0.39, 0.29) is 5.43 Å². The number of nitrogens with zero attached hydrogens (tertiary/aromatic N) is 1. The summed E-state index contributed by atoms with van der Waals surface area (Å²) in [5.41, 5.74) is 2.00. The Hall–Kier alpha value is -3.46. The van der Waals surface area contributed by atoms with Crippen LogP contribution in [0.4, 0.5) is 0 Å². The van der Waals surface area contributed by atoms with Crippen LogP contribution in [0, 0.1) is 0 Å². The minimum absolute atomic E-state index is 0.00634. The lowest BCUT2D eigenvalue weighted by Gasteiger charge is -2.15. The predicted octanol–water partition coefficient (Wildman–Crippen LogP) is 4.73. The molecule has 0 saturated carbocycles. The van der Waals surface area contributed by atoms with Gasteiger partial charge in [0.15, 0.2) is 11.8 Å². The smallest absolute Gasteiger partial charge is 0.192 e. The summed E-state index contributed by atoms with van der Waals surface area (Å²) in [4.78, 5) is 14.9. The zero-order chi connectivity index (χ0) is 27.2.